The van der Waals surface area contributed by atoms with E-state index in [4.69, 9.17) is 11.1 Å². The lowest BCUT2D eigenvalue weighted by Gasteiger charge is -2.20. The molecule has 0 fully saturated rings. The highest BCUT2D eigenvalue weighted by atomic mass is 16.3. The summed E-state index contributed by atoms with van der Waals surface area (Å²) in [7, 11) is 1.96. The van der Waals surface area contributed by atoms with E-state index in [9.17, 15) is 5.11 Å². The van der Waals surface area contributed by atoms with Crippen molar-refractivity contribution >= 4 is 11.5 Å². The number of hydrogen-bond acceptors (Lipinski definition) is 3. The van der Waals surface area contributed by atoms with Crippen LogP contribution in [0.15, 0.2) is 48.5 Å². The van der Waals surface area contributed by atoms with Crippen LogP contribution in [0.2, 0.25) is 0 Å². The number of hydrogen-bond donors (Lipinski definition) is 3. The topological polar surface area (TPSA) is 73.3 Å². The van der Waals surface area contributed by atoms with E-state index in [1.54, 1.807) is 12.1 Å². The quantitative estimate of drug-likeness (QED) is 0.580. The Balaban J connectivity index is 2.18. The van der Waals surface area contributed by atoms with E-state index in [0.29, 0.717) is 12.1 Å². The average Bonchev–Trinajstić information content (AvgIpc) is 2.39. The normalized spacial score (nSPS) is 10.2. The van der Waals surface area contributed by atoms with Crippen LogP contribution >= 0.6 is 0 Å². The van der Waals surface area contributed by atoms with Crippen LogP contribution in [0.25, 0.3) is 0 Å². The Bertz CT molecular complexity index is 595. The van der Waals surface area contributed by atoms with Crippen LogP contribution in [0.4, 0.5) is 5.69 Å². The Labute approximate surface area is 112 Å². The molecule has 4 N–H and O–H groups in total. The first-order valence-corrected chi connectivity index (χ1v) is 6.00. The predicted molar refractivity (Wildman–Crippen MR) is 77.7 cm³/mol. The molecule has 0 saturated carbocycles. The number of nitrogens with one attached hydrogen (secondary N) is 1. The van der Waals surface area contributed by atoms with E-state index in [0.717, 1.165) is 11.3 Å². The maximum Gasteiger partial charge on any atom is 0.122 e. The van der Waals surface area contributed by atoms with Crippen LogP contribution in [0.5, 0.6) is 5.75 Å². The number of benzene rings is 2. The van der Waals surface area contributed by atoms with Crippen LogP contribution in [0.1, 0.15) is 11.1 Å². The van der Waals surface area contributed by atoms with Crippen molar-refractivity contribution in [3.8, 4) is 5.75 Å². The number of nitrogens with two attached hydrogens (primary N) is 1. The van der Waals surface area contributed by atoms with Gasteiger partial charge in [-0.2, -0.15) is 0 Å². The first-order valence-electron chi connectivity index (χ1n) is 6.00. The summed E-state index contributed by atoms with van der Waals surface area (Å²) in [6.07, 6.45) is 0. The van der Waals surface area contributed by atoms with Crippen molar-refractivity contribution in [1.29, 1.82) is 5.41 Å². The van der Waals surface area contributed by atoms with Gasteiger partial charge in [0.1, 0.15) is 11.6 Å². The van der Waals surface area contributed by atoms with E-state index < -0.39 is 0 Å². The van der Waals surface area contributed by atoms with Gasteiger partial charge in [0.15, 0.2) is 0 Å². The summed E-state index contributed by atoms with van der Waals surface area (Å²) in [6, 6.07) is 14.7. The minimum atomic E-state index is 0.0626. The van der Waals surface area contributed by atoms with Gasteiger partial charge in [0.2, 0.25) is 0 Å². The molecular weight excluding hydrogens is 238 g/mol. The Morgan fingerprint density at radius 3 is 2.63 bits per heavy atom. The molecule has 98 valence electrons. The number of phenols is 1. The molecule has 4 heteroatoms. The summed E-state index contributed by atoms with van der Waals surface area (Å²) in [5.41, 5.74) is 8.20. The van der Waals surface area contributed by atoms with Gasteiger partial charge in [-0.3, -0.25) is 5.41 Å². The first-order chi connectivity index (χ1) is 9.06. The highest BCUT2D eigenvalue weighted by Gasteiger charge is 2.05. The molecule has 4 nitrogen and oxygen atoms in total. The zero-order chi connectivity index (χ0) is 13.8. The maximum absolute atomic E-state index is 9.45. The van der Waals surface area contributed by atoms with E-state index >= 15 is 0 Å². The van der Waals surface area contributed by atoms with Gasteiger partial charge in [-0.05, 0) is 29.8 Å². The molecule has 0 saturated heterocycles. The summed E-state index contributed by atoms with van der Waals surface area (Å²) in [5, 5.41) is 16.9. The molecule has 0 heterocycles. The second-order valence-electron chi connectivity index (χ2n) is 4.49. The summed E-state index contributed by atoms with van der Waals surface area (Å²) in [4.78, 5) is 2.04. The summed E-state index contributed by atoms with van der Waals surface area (Å²) in [6.45, 7) is 0.676. The number of amidine groups is 1. The maximum atomic E-state index is 9.45. The third-order valence-electron chi connectivity index (χ3n) is 2.93. The smallest absolute Gasteiger partial charge is 0.122 e. The Hall–Kier alpha value is -2.49. The first kappa shape index (κ1) is 13.0. The third kappa shape index (κ3) is 3.25. The number of rotatable bonds is 4. The fraction of sp³-hybridized carbons (Fsp3) is 0.133. The van der Waals surface area contributed by atoms with Gasteiger partial charge in [-0.15, -0.1) is 0 Å². The number of aromatic hydroxyl groups is 1. The van der Waals surface area contributed by atoms with Crippen molar-refractivity contribution in [3.63, 3.8) is 0 Å². The lowest BCUT2D eigenvalue weighted by molar-refractivity contribution is 0.474. The third-order valence-corrected chi connectivity index (χ3v) is 2.93. The second kappa shape index (κ2) is 5.44. The van der Waals surface area contributed by atoms with Crippen molar-refractivity contribution in [2.24, 2.45) is 5.73 Å². The Morgan fingerprint density at radius 1 is 1.21 bits per heavy atom. The summed E-state index contributed by atoms with van der Waals surface area (Å²) < 4.78 is 0. The molecular formula is C15H17N3O. The molecule has 2 aromatic carbocycles. The lowest BCUT2D eigenvalue weighted by atomic mass is 10.1. The zero-order valence-corrected chi connectivity index (χ0v) is 10.8. The van der Waals surface area contributed by atoms with Gasteiger partial charge in [0.25, 0.3) is 0 Å². The van der Waals surface area contributed by atoms with E-state index in [2.05, 4.69) is 0 Å². The van der Waals surface area contributed by atoms with Gasteiger partial charge in [0, 0.05) is 24.8 Å². The van der Waals surface area contributed by atoms with Crippen LogP contribution in [0.3, 0.4) is 0 Å². The fourth-order valence-electron chi connectivity index (χ4n) is 1.93. The zero-order valence-electron chi connectivity index (χ0n) is 10.8. The molecule has 0 atom stereocenters. The molecule has 0 unspecified atom stereocenters. The van der Waals surface area contributed by atoms with Crippen molar-refractivity contribution < 1.29 is 5.11 Å². The monoisotopic (exact) mass is 255 g/mol. The average molecular weight is 255 g/mol. The molecule has 0 spiro atoms. The highest BCUT2D eigenvalue weighted by Crippen LogP contribution is 2.19. The summed E-state index contributed by atoms with van der Waals surface area (Å²) in [5.74, 6) is 0.330. The highest BCUT2D eigenvalue weighted by molar-refractivity contribution is 5.95. The van der Waals surface area contributed by atoms with Gasteiger partial charge in [-0.1, -0.05) is 24.3 Å². The minimum absolute atomic E-state index is 0.0626. The van der Waals surface area contributed by atoms with Gasteiger partial charge < -0.3 is 15.7 Å². The number of nitrogens with zero attached hydrogens (tertiary/aromatic N) is 1. The van der Waals surface area contributed by atoms with Crippen LogP contribution in [0, 0.1) is 5.41 Å². The number of nitrogen functional groups attached to an aromatic ring is 1. The molecule has 0 aliphatic rings. The van der Waals surface area contributed by atoms with Gasteiger partial charge in [-0.25, -0.2) is 0 Å². The molecule has 0 aliphatic carbocycles. The Morgan fingerprint density at radius 2 is 1.95 bits per heavy atom. The molecule has 0 amide bonds. The van der Waals surface area contributed by atoms with E-state index in [-0.39, 0.29) is 11.6 Å². The summed E-state index contributed by atoms with van der Waals surface area (Å²) >= 11 is 0. The fourth-order valence-corrected chi connectivity index (χ4v) is 1.93. The van der Waals surface area contributed by atoms with Gasteiger partial charge >= 0.3 is 0 Å². The molecule has 0 aliphatic heterocycles. The van der Waals surface area contributed by atoms with E-state index in [1.165, 1.54) is 0 Å². The molecule has 2 aromatic rings. The standard InChI is InChI=1S/C15H17N3O/c1-18(10-11-4-2-7-14(19)8-11)13-6-3-5-12(9-13)15(16)17/h2-9,19H,10H2,1H3,(H3,16,17). The van der Waals surface area contributed by atoms with Crippen LogP contribution < -0.4 is 10.6 Å². The van der Waals surface area contributed by atoms with Crippen LogP contribution in [-0.2, 0) is 6.54 Å². The lowest BCUT2D eigenvalue weighted by Crippen LogP contribution is -2.17. The number of phenolic OH excluding ortho intramolecular Hbond substituents is 1. The van der Waals surface area contributed by atoms with Crippen molar-refractivity contribution in [2.75, 3.05) is 11.9 Å². The predicted octanol–water partition coefficient (Wildman–Crippen LogP) is 2.31. The Kier molecular flexibility index (Phi) is 3.71. The van der Waals surface area contributed by atoms with Crippen LogP contribution in [-0.4, -0.2) is 18.0 Å². The van der Waals surface area contributed by atoms with Crippen molar-refractivity contribution in [2.45, 2.75) is 6.54 Å². The minimum Gasteiger partial charge on any atom is -0.508 e. The second-order valence-corrected chi connectivity index (χ2v) is 4.49. The van der Waals surface area contributed by atoms with Crippen molar-refractivity contribution in [3.05, 3.63) is 59.7 Å². The molecule has 19 heavy (non-hydrogen) atoms. The molecule has 0 radical (unpaired) electrons. The molecule has 0 aromatic heterocycles. The van der Waals surface area contributed by atoms with E-state index in [1.807, 2.05) is 48.3 Å². The van der Waals surface area contributed by atoms with Gasteiger partial charge in [0.05, 0.1) is 0 Å². The molecule has 0 bridgehead atoms. The largest absolute Gasteiger partial charge is 0.508 e. The SMILES string of the molecule is CN(Cc1cccc(O)c1)c1cccc(C(=N)N)c1. The van der Waals surface area contributed by atoms with Crippen molar-refractivity contribution in [1.82, 2.24) is 0 Å². The molecule has 2 rings (SSSR count). The number of anilines is 1.